The molecule has 0 saturated carbocycles. The average molecular weight is 305 g/mol. The van der Waals surface area contributed by atoms with Crippen LogP contribution in [0.1, 0.15) is 24.6 Å². The van der Waals surface area contributed by atoms with E-state index in [9.17, 15) is 17.6 Å². The molecule has 0 fully saturated rings. The number of pyridine rings is 1. The summed E-state index contributed by atoms with van der Waals surface area (Å²) in [6.07, 6.45) is -6.88. The van der Waals surface area contributed by atoms with E-state index in [2.05, 4.69) is 10.3 Å². The number of ether oxygens (including phenoxy) is 1. The molecule has 0 aliphatic rings. The highest BCUT2D eigenvalue weighted by molar-refractivity contribution is 5.39. The zero-order valence-electron chi connectivity index (χ0n) is 11.6. The number of hydrogen-bond donors (Lipinski definition) is 1. The summed E-state index contributed by atoms with van der Waals surface area (Å²) in [5.41, 5.74) is -0.401. The molecule has 1 rings (SSSR count). The summed E-state index contributed by atoms with van der Waals surface area (Å²) in [7, 11) is 1.51. The standard InChI is InChI=1S/C13H15F4N3O/c1-3-10-9(14)6-8(7-18)12(20-10)21-11(4-5-19-2)13(15,16)17/h6,11,19H,3-5H2,1-2H3/t11-/m1/s1. The van der Waals surface area contributed by atoms with E-state index < -0.39 is 24.0 Å². The van der Waals surface area contributed by atoms with Gasteiger partial charge in [0.05, 0.1) is 5.69 Å². The van der Waals surface area contributed by atoms with Crippen molar-refractivity contribution >= 4 is 0 Å². The molecule has 0 spiro atoms. The summed E-state index contributed by atoms with van der Waals surface area (Å²) < 4.78 is 57.0. The quantitative estimate of drug-likeness (QED) is 0.821. The van der Waals surface area contributed by atoms with Crippen molar-refractivity contribution in [3.8, 4) is 11.9 Å². The fourth-order valence-corrected chi connectivity index (χ4v) is 1.63. The number of aromatic nitrogens is 1. The van der Waals surface area contributed by atoms with E-state index in [0.29, 0.717) is 0 Å². The minimum Gasteiger partial charge on any atom is -0.464 e. The molecule has 0 unspecified atom stereocenters. The van der Waals surface area contributed by atoms with Crippen LogP contribution in [0.15, 0.2) is 6.07 Å². The lowest BCUT2D eigenvalue weighted by molar-refractivity contribution is -0.197. The molecule has 0 saturated heterocycles. The van der Waals surface area contributed by atoms with E-state index in [1.807, 2.05) is 0 Å². The molecule has 0 amide bonds. The Bertz CT molecular complexity index is 525. The van der Waals surface area contributed by atoms with Gasteiger partial charge in [0.2, 0.25) is 5.88 Å². The summed E-state index contributed by atoms with van der Waals surface area (Å²) in [5, 5.41) is 11.5. The van der Waals surface area contributed by atoms with Crippen LogP contribution in [-0.4, -0.2) is 30.9 Å². The van der Waals surface area contributed by atoms with Crippen LogP contribution in [0.25, 0.3) is 0 Å². The van der Waals surface area contributed by atoms with E-state index in [4.69, 9.17) is 10.00 Å². The monoisotopic (exact) mass is 305 g/mol. The molecule has 1 aromatic rings. The maximum atomic E-state index is 13.5. The highest BCUT2D eigenvalue weighted by Crippen LogP contribution is 2.28. The molecule has 0 aliphatic heterocycles. The number of aryl methyl sites for hydroxylation is 1. The van der Waals surface area contributed by atoms with Crippen LogP contribution < -0.4 is 10.1 Å². The molecular formula is C13H15F4N3O. The van der Waals surface area contributed by atoms with Gasteiger partial charge in [-0.1, -0.05) is 6.92 Å². The molecule has 0 radical (unpaired) electrons. The Morgan fingerprint density at radius 2 is 2.14 bits per heavy atom. The number of nitrogens with zero attached hydrogens (tertiary/aromatic N) is 2. The summed E-state index contributed by atoms with van der Waals surface area (Å²) in [6.45, 7) is 1.68. The zero-order valence-corrected chi connectivity index (χ0v) is 11.6. The van der Waals surface area contributed by atoms with Gasteiger partial charge in [0, 0.05) is 6.42 Å². The minimum atomic E-state index is -4.61. The van der Waals surface area contributed by atoms with Gasteiger partial charge in [-0.15, -0.1) is 0 Å². The van der Waals surface area contributed by atoms with Crippen molar-refractivity contribution in [2.24, 2.45) is 0 Å². The minimum absolute atomic E-state index is 0.0430. The molecule has 0 bridgehead atoms. The third-order valence-corrected chi connectivity index (χ3v) is 2.74. The molecular weight excluding hydrogens is 290 g/mol. The van der Waals surface area contributed by atoms with Crippen LogP contribution in [0.2, 0.25) is 0 Å². The summed E-state index contributed by atoms with van der Waals surface area (Å²) >= 11 is 0. The van der Waals surface area contributed by atoms with Crippen LogP contribution >= 0.6 is 0 Å². The lowest BCUT2D eigenvalue weighted by Crippen LogP contribution is -2.37. The maximum Gasteiger partial charge on any atom is 0.425 e. The predicted molar refractivity (Wildman–Crippen MR) is 67.3 cm³/mol. The second-order valence-electron chi connectivity index (χ2n) is 4.28. The first-order valence-electron chi connectivity index (χ1n) is 6.31. The van der Waals surface area contributed by atoms with Gasteiger partial charge in [0.1, 0.15) is 17.4 Å². The van der Waals surface area contributed by atoms with Crippen molar-refractivity contribution < 1.29 is 22.3 Å². The van der Waals surface area contributed by atoms with Crippen molar-refractivity contribution in [2.45, 2.75) is 32.0 Å². The molecule has 21 heavy (non-hydrogen) atoms. The van der Waals surface area contributed by atoms with Crippen LogP contribution in [0.5, 0.6) is 5.88 Å². The summed E-state index contributed by atoms with van der Waals surface area (Å²) in [6, 6.07) is 2.43. The molecule has 8 heteroatoms. The van der Waals surface area contributed by atoms with Gasteiger partial charge < -0.3 is 10.1 Å². The van der Waals surface area contributed by atoms with Gasteiger partial charge in [0.15, 0.2) is 6.10 Å². The lowest BCUT2D eigenvalue weighted by Gasteiger charge is -2.21. The second-order valence-corrected chi connectivity index (χ2v) is 4.28. The van der Waals surface area contributed by atoms with Gasteiger partial charge in [-0.2, -0.15) is 18.4 Å². The van der Waals surface area contributed by atoms with E-state index in [1.54, 1.807) is 13.0 Å². The SMILES string of the molecule is CCc1nc(O[C@H](CCNC)C(F)(F)F)c(C#N)cc1F. The zero-order chi connectivity index (χ0) is 16.0. The smallest absolute Gasteiger partial charge is 0.425 e. The van der Waals surface area contributed by atoms with Crippen LogP contribution in [-0.2, 0) is 6.42 Å². The number of hydrogen-bond acceptors (Lipinski definition) is 4. The van der Waals surface area contributed by atoms with Crippen molar-refractivity contribution in [2.75, 3.05) is 13.6 Å². The van der Waals surface area contributed by atoms with Gasteiger partial charge in [0.25, 0.3) is 0 Å². The Morgan fingerprint density at radius 3 is 2.62 bits per heavy atom. The molecule has 116 valence electrons. The van der Waals surface area contributed by atoms with Crippen molar-refractivity contribution in [1.82, 2.24) is 10.3 Å². The summed E-state index contributed by atoms with van der Waals surface area (Å²) in [5.74, 6) is -1.23. The fraction of sp³-hybridized carbons (Fsp3) is 0.538. The van der Waals surface area contributed by atoms with Gasteiger partial charge >= 0.3 is 6.18 Å². The topological polar surface area (TPSA) is 57.9 Å². The molecule has 1 atom stereocenters. The summed E-state index contributed by atoms with van der Waals surface area (Å²) in [4.78, 5) is 3.68. The molecule has 0 aromatic carbocycles. The van der Waals surface area contributed by atoms with E-state index in [0.717, 1.165) is 6.07 Å². The Kier molecular flexibility index (Phi) is 5.90. The highest BCUT2D eigenvalue weighted by atomic mass is 19.4. The van der Waals surface area contributed by atoms with Gasteiger partial charge in [-0.3, -0.25) is 0 Å². The Hall–Kier alpha value is -1.88. The third kappa shape index (κ3) is 4.56. The largest absolute Gasteiger partial charge is 0.464 e. The first-order chi connectivity index (χ1) is 9.83. The van der Waals surface area contributed by atoms with Crippen LogP contribution in [0, 0.1) is 17.1 Å². The van der Waals surface area contributed by atoms with E-state index >= 15 is 0 Å². The Labute approximate surface area is 119 Å². The maximum absolute atomic E-state index is 13.5. The average Bonchev–Trinajstić information content (AvgIpc) is 2.42. The number of rotatable bonds is 6. The van der Waals surface area contributed by atoms with Crippen molar-refractivity contribution in [3.05, 3.63) is 23.1 Å². The van der Waals surface area contributed by atoms with E-state index in [1.165, 1.54) is 7.05 Å². The van der Waals surface area contributed by atoms with Crippen molar-refractivity contribution in [1.29, 1.82) is 5.26 Å². The second kappa shape index (κ2) is 7.22. The molecule has 1 aromatic heterocycles. The number of nitriles is 1. The van der Waals surface area contributed by atoms with Crippen molar-refractivity contribution in [3.63, 3.8) is 0 Å². The van der Waals surface area contributed by atoms with Gasteiger partial charge in [-0.05, 0) is 26.1 Å². The first kappa shape index (κ1) is 17.2. The lowest BCUT2D eigenvalue weighted by atomic mass is 10.2. The Balaban J connectivity index is 3.10. The number of nitrogens with one attached hydrogen (secondary N) is 1. The Morgan fingerprint density at radius 1 is 1.48 bits per heavy atom. The normalized spacial score (nSPS) is 12.8. The van der Waals surface area contributed by atoms with E-state index in [-0.39, 0.29) is 30.6 Å². The van der Waals surface area contributed by atoms with Crippen LogP contribution in [0.3, 0.4) is 0 Å². The third-order valence-electron chi connectivity index (χ3n) is 2.74. The van der Waals surface area contributed by atoms with Crippen LogP contribution in [0.4, 0.5) is 17.6 Å². The molecule has 0 aliphatic carbocycles. The predicted octanol–water partition coefficient (Wildman–Crippen LogP) is 2.57. The first-order valence-corrected chi connectivity index (χ1v) is 6.31. The highest BCUT2D eigenvalue weighted by Gasteiger charge is 2.42. The molecule has 1 N–H and O–H groups in total. The number of alkyl halides is 3. The molecule has 1 heterocycles. The molecule has 4 nitrogen and oxygen atoms in total. The number of halogens is 4. The van der Waals surface area contributed by atoms with Gasteiger partial charge in [-0.25, -0.2) is 9.37 Å². The fourth-order valence-electron chi connectivity index (χ4n) is 1.63.